The Morgan fingerprint density at radius 3 is 3.44 bits per heavy atom. The van der Waals surface area contributed by atoms with Crippen molar-refractivity contribution in [2.45, 2.75) is 13.0 Å². The summed E-state index contributed by atoms with van der Waals surface area (Å²) in [5, 5.41) is 0. The zero-order valence-corrected chi connectivity index (χ0v) is 9.13. The second kappa shape index (κ2) is 5.37. The van der Waals surface area contributed by atoms with Gasteiger partial charge in [-0.05, 0) is 12.8 Å². The number of aromatic nitrogens is 2. The first-order valence-electron chi connectivity index (χ1n) is 5.24. The molecule has 2 heterocycles. The van der Waals surface area contributed by atoms with Crippen LogP contribution in [0.5, 0.6) is 0 Å². The highest BCUT2D eigenvalue weighted by Gasteiger charge is 2.16. The van der Waals surface area contributed by atoms with E-state index in [1.54, 1.807) is 24.8 Å². The van der Waals surface area contributed by atoms with Gasteiger partial charge in [-0.3, -0.25) is 14.9 Å². The number of allylic oxidation sites excluding steroid dienone is 1. The number of nitrogens with one attached hydrogen (secondary N) is 1. The number of fused-ring (bicyclic) bond motifs is 1. The van der Waals surface area contributed by atoms with Crippen LogP contribution in [0.25, 0.3) is 0 Å². The van der Waals surface area contributed by atoms with Gasteiger partial charge in [-0.1, -0.05) is 0 Å². The maximum absolute atomic E-state index is 4.28. The minimum Gasteiger partial charge on any atom is -0.347 e. The predicted molar refractivity (Wildman–Crippen MR) is 64.7 cm³/mol. The van der Waals surface area contributed by atoms with Gasteiger partial charge in [0.1, 0.15) is 0 Å². The molecule has 0 unspecified atom stereocenters. The lowest BCUT2D eigenvalue weighted by molar-refractivity contribution is 0.259. The van der Waals surface area contributed by atoms with Gasteiger partial charge in [0, 0.05) is 31.9 Å². The van der Waals surface area contributed by atoms with Crippen LogP contribution < -0.4 is 0 Å². The summed E-state index contributed by atoms with van der Waals surface area (Å²) < 4.78 is 0. The van der Waals surface area contributed by atoms with Crippen LogP contribution in [-0.2, 0) is 13.0 Å². The molecule has 5 nitrogen and oxygen atoms in total. The molecule has 84 valence electrons. The van der Waals surface area contributed by atoms with Crippen LogP contribution in [0.15, 0.2) is 28.6 Å². The third kappa shape index (κ3) is 2.64. The normalized spacial score (nSPS) is 17.0. The van der Waals surface area contributed by atoms with Gasteiger partial charge < -0.3 is 4.98 Å². The quantitative estimate of drug-likeness (QED) is 0.765. The van der Waals surface area contributed by atoms with Crippen LogP contribution in [0.3, 0.4) is 0 Å². The fourth-order valence-corrected chi connectivity index (χ4v) is 1.71. The van der Waals surface area contributed by atoms with Gasteiger partial charge in [-0.15, -0.1) is 0 Å². The fourth-order valence-electron chi connectivity index (χ4n) is 1.71. The van der Waals surface area contributed by atoms with Gasteiger partial charge in [0.05, 0.1) is 24.4 Å². The van der Waals surface area contributed by atoms with Crippen LogP contribution in [0.2, 0.25) is 0 Å². The standard InChI is InChI=1S/C11H15N5/c1-12-4-2-5-13-9-16-6-3-10-11(7-16)15-8-14-10/h2,4-5,8H,1,3,6-7,9H2,(H,14,15)/b4-2-,13-5-. The molecule has 1 N–H and O–H groups in total. The molecular weight excluding hydrogens is 202 g/mol. The number of imidazole rings is 1. The molecule has 1 aromatic heterocycles. The van der Waals surface area contributed by atoms with Crippen molar-refractivity contribution < 1.29 is 0 Å². The molecule has 0 fully saturated rings. The Labute approximate surface area is 94.6 Å². The van der Waals surface area contributed by atoms with Gasteiger partial charge in [0.2, 0.25) is 0 Å². The van der Waals surface area contributed by atoms with Gasteiger partial charge in [0.25, 0.3) is 0 Å². The molecular formula is C11H15N5. The number of nitrogens with zero attached hydrogens (tertiary/aromatic N) is 4. The molecule has 0 aliphatic carbocycles. The summed E-state index contributed by atoms with van der Waals surface area (Å²) in [5.41, 5.74) is 2.40. The third-order valence-corrected chi connectivity index (χ3v) is 2.52. The minimum absolute atomic E-state index is 0.708. The van der Waals surface area contributed by atoms with Crippen molar-refractivity contribution in [3.63, 3.8) is 0 Å². The van der Waals surface area contributed by atoms with Crippen molar-refractivity contribution >= 4 is 12.9 Å². The van der Waals surface area contributed by atoms with E-state index in [4.69, 9.17) is 0 Å². The molecule has 2 rings (SSSR count). The molecule has 5 heteroatoms. The number of hydrogen-bond donors (Lipinski definition) is 1. The minimum atomic E-state index is 0.708. The molecule has 1 aliphatic rings. The van der Waals surface area contributed by atoms with Gasteiger partial charge in [-0.25, -0.2) is 4.98 Å². The van der Waals surface area contributed by atoms with Crippen molar-refractivity contribution in [1.29, 1.82) is 0 Å². The third-order valence-electron chi connectivity index (χ3n) is 2.52. The van der Waals surface area contributed by atoms with Crippen LogP contribution in [-0.4, -0.2) is 41.0 Å². The van der Waals surface area contributed by atoms with E-state index >= 15 is 0 Å². The lowest BCUT2D eigenvalue weighted by Crippen LogP contribution is -2.30. The monoisotopic (exact) mass is 217 g/mol. The summed E-state index contributed by atoms with van der Waals surface area (Å²) in [6, 6.07) is 0. The van der Waals surface area contributed by atoms with E-state index in [9.17, 15) is 0 Å². The molecule has 0 saturated heterocycles. The molecule has 0 atom stereocenters. The van der Waals surface area contributed by atoms with Crippen molar-refractivity contribution in [2.75, 3.05) is 13.2 Å². The Morgan fingerprint density at radius 2 is 2.56 bits per heavy atom. The molecule has 0 radical (unpaired) electrons. The largest absolute Gasteiger partial charge is 0.347 e. The number of hydrogen-bond acceptors (Lipinski definition) is 4. The summed E-state index contributed by atoms with van der Waals surface area (Å²) in [6.07, 6.45) is 7.90. The number of H-pyrrole nitrogens is 1. The second-order valence-corrected chi connectivity index (χ2v) is 3.63. The Bertz CT molecular complexity index is 404. The Kier molecular flexibility index (Phi) is 3.61. The lowest BCUT2D eigenvalue weighted by atomic mass is 10.1. The van der Waals surface area contributed by atoms with Crippen LogP contribution >= 0.6 is 0 Å². The summed E-state index contributed by atoms with van der Waals surface area (Å²) in [7, 11) is 0. The fraction of sp³-hybridized carbons (Fsp3) is 0.364. The van der Waals surface area contributed by atoms with E-state index in [0.717, 1.165) is 19.5 Å². The van der Waals surface area contributed by atoms with E-state index in [1.807, 2.05) is 0 Å². The predicted octanol–water partition coefficient (Wildman–Crippen LogP) is 1.01. The first-order chi connectivity index (χ1) is 7.90. The molecule has 0 amide bonds. The first kappa shape index (κ1) is 10.8. The number of aromatic amines is 1. The first-order valence-corrected chi connectivity index (χ1v) is 5.24. The van der Waals surface area contributed by atoms with Gasteiger partial charge in [-0.2, -0.15) is 0 Å². The Hall–Kier alpha value is -1.75. The van der Waals surface area contributed by atoms with Crippen LogP contribution in [0.4, 0.5) is 0 Å². The summed E-state index contributed by atoms with van der Waals surface area (Å²) in [6.45, 7) is 5.97. The summed E-state index contributed by atoms with van der Waals surface area (Å²) in [5.74, 6) is 0. The average Bonchev–Trinajstić information content (AvgIpc) is 2.76. The Morgan fingerprint density at radius 1 is 1.62 bits per heavy atom. The lowest BCUT2D eigenvalue weighted by Gasteiger charge is -2.23. The molecule has 1 aliphatic heterocycles. The van der Waals surface area contributed by atoms with E-state index in [1.165, 1.54) is 11.4 Å². The van der Waals surface area contributed by atoms with Crippen LogP contribution in [0, 0.1) is 0 Å². The van der Waals surface area contributed by atoms with Crippen molar-refractivity contribution in [2.24, 2.45) is 9.98 Å². The van der Waals surface area contributed by atoms with E-state index < -0.39 is 0 Å². The number of rotatable bonds is 4. The maximum Gasteiger partial charge on any atom is 0.0925 e. The molecule has 0 spiro atoms. The second-order valence-electron chi connectivity index (χ2n) is 3.63. The SMILES string of the molecule is C=N/C=C\C=N/CN1CCc2nc[nH]c2C1. The highest BCUT2D eigenvalue weighted by atomic mass is 15.2. The highest BCUT2D eigenvalue weighted by Crippen LogP contribution is 2.13. The maximum atomic E-state index is 4.28. The van der Waals surface area contributed by atoms with Gasteiger partial charge >= 0.3 is 0 Å². The van der Waals surface area contributed by atoms with Gasteiger partial charge in [0.15, 0.2) is 0 Å². The van der Waals surface area contributed by atoms with Crippen molar-refractivity contribution in [3.8, 4) is 0 Å². The molecule has 16 heavy (non-hydrogen) atoms. The topological polar surface area (TPSA) is 56.6 Å². The summed E-state index contributed by atoms with van der Waals surface area (Å²) in [4.78, 5) is 17.6. The highest BCUT2D eigenvalue weighted by molar-refractivity contribution is 5.70. The smallest absolute Gasteiger partial charge is 0.0925 e. The molecule has 0 saturated carbocycles. The average molecular weight is 217 g/mol. The molecule has 0 aromatic carbocycles. The zero-order chi connectivity index (χ0) is 11.2. The van der Waals surface area contributed by atoms with Crippen LogP contribution in [0.1, 0.15) is 11.4 Å². The van der Waals surface area contributed by atoms with Crippen molar-refractivity contribution in [1.82, 2.24) is 14.9 Å². The summed E-state index contributed by atoms with van der Waals surface area (Å²) >= 11 is 0. The zero-order valence-electron chi connectivity index (χ0n) is 9.13. The molecule has 0 bridgehead atoms. The Balaban J connectivity index is 1.83. The molecule has 1 aromatic rings. The number of aliphatic imine (C=N–C) groups is 2. The van der Waals surface area contributed by atoms with E-state index in [-0.39, 0.29) is 0 Å². The van der Waals surface area contributed by atoms with Crippen molar-refractivity contribution in [3.05, 3.63) is 30.0 Å². The van der Waals surface area contributed by atoms with E-state index in [2.05, 4.69) is 31.6 Å². The van der Waals surface area contributed by atoms with E-state index in [0.29, 0.717) is 6.67 Å².